The summed E-state index contributed by atoms with van der Waals surface area (Å²) in [6.45, 7) is -0.000884. The fourth-order valence-electron chi connectivity index (χ4n) is 2.12. The maximum Gasteiger partial charge on any atom is 0.238 e. The quantitative estimate of drug-likeness (QED) is 0.618. The Morgan fingerprint density at radius 3 is 2.12 bits per heavy atom. The van der Waals surface area contributed by atoms with E-state index in [4.69, 9.17) is 34.8 Å². The summed E-state index contributed by atoms with van der Waals surface area (Å²) >= 11 is 21.4. The van der Waals surface area contributed by atoms with Crippen LogP contribution in [0.3, 0.4) is 0 Å². The van der Waals surface area contributed by atoms with Gasteiger partial charge in [0.2, 0.25) is 11.8 Å². The minimum Gasteiger partial charge on any atom is -0.324 e. The molecule has 5 nitrogen and oxygen atoms in total. The summed E-state index contributed by atoms with van der Waals surface area (Å²) in [4.78, 5) is 25.8. The molecule has 0 spiro atoms. The molecule has 9 heteroatoms. The van der Waals surface area contributed by atoms with Crippen molar-refractivity contribution in [3.8, 4) is 0 Å². The maximum absolute atomic E-state index is 12.1. The van der Waals surface area contributed by atoms with Crippen LogP contribution in [0.4, 0.5) is 11.4 Å². The summed E-state index contributed by atoms with van der Waals surface area (Å²) in [5.41, 5.74) is 0.848. The van der Waals surface area contributed by atoms with E-state index in [1.165, 1.54) is 0 Å². The minimum absolute atomic E-state index is 0.00999. The van der Waals surface area contributed by atoms with E-state index in [-0.39, 0.29) is 24.9 Å². The molecule has 2 N–H and O–H groups in total. The van der Waals surface area contributed by atoms with Crippen molar-refractivity contribution in [1.82, 2.24) is 4.90 Å². The molecule has 2 rings (SSSR count). The summed E-state index contributed by atoms with van der Waals surface area (Å²) in [7, 11) is 1.65. The zero-order valence-corrected chi connectivity index (χ0v) is 17.5. The second-order valence-electron chi connectivity index (χ2n) is 5.49. The van der Waals surface area contributed by atoms with Crippen LogP contribution in [-0.2, 0) is 9.59 Å². The molecule has 138 valence electrons. The van der Waals surface area contributed by atoms with Crippen LogP contribution in [0.2, 0.25) is 15.1 Å². The van der Waals surface area contributed by atoms with Crippen molar-refractivity contribution in [3.63, 3.8) is 0 Å². The second kappa shape index (κ2) is 9.58. The van der Waals surface area contributed by atoms with Gasteiger partial charge in [0.15, 0.2) is 0 Å². The fourth-order valence-corrected chi connectivity index (χ4v) is 3.34. The van der Waals surface area contributed by atoms with E-state index < -0.39 is 0 Å². The number of hydrogen-bond donors (Lipinski definition) is 2. The lowest BCUT2D eigenvalue weighted by Crippen LogP contribution is -2.36. The van der Waals surface area contributed by atoms with Gasteiger partial charge in [0.1, 0.15) is 0 Å². The van der Waals surface area contributed by atoms with Crippen molar-refractivity contribution in [2.75, 3.05) is 30.8 Å². The average Bonchev–Trinajstić information content (AvgIpc) is 2.53. The van der Waals surface area contributed by atoms with Crippen molar-refractivity contribution in [3.05, 3.63) is 55.9 Å². The SMILES string of the molecule is CN(CC(=O)Nc1ccc(Br)cc1Cl)CC(=O)Nc1c(Cl)cccc1Cl. The predicted molar refractivity (Wildman–Crippen MR) is 110 cm³/mol. The first-order valence-electron chi connectivity index (χ1n) is 7.43. The van der Waals surface area contributed by atoms with E-state index in [0.29, 0.717) is 26.4 Å². The van der Waals surface area contributed by atoms with Crippen LogP contribution in [0, 0.1) is 0 Å². The molecule has 2 aromatic rings. The first kappa shape index (κ1) is 21.0. The van der Waals surface area contributed by atoms with Crippen molar-refractivity contribution >= 4 is 73.9 Å². The molecule has 0 radical (unpaired) electrons. The number of para-hydroxylation sites is 1. The number of carbonyl (C=O) groups excluding carboxylic acids is 2. The van der Waals surface area contributed by atoms with E-state index in [2.05, 4.69) is 26.6 Å². The van der Waals surface area contributed by atoms with Gasteiger partial charge in [0.05, 0.1) is 39.5 Å². The normalized spacial score (nSPS) is 10.7. The summed E-state index contributed by atoms with van der Waals surface area (Å²) in [5.74, 6) is -0.628. The molecule has 0 aromatic heterocycles. The molecule has 0 aliphatic rings. The third kappa shape index (κ3) is 6.14. The number of anilines is 2. The predicted octanol–water partition coefficient (Wildman–Crippen LogP) is 4.92. The van der Waals surface area contributed by atoms with Crippen LogP contribution in [0.15, 0.2) is 40.9 Å². The summed E-state index contributed by atoms with van der Waals surface area (Å²) in [5, 5.41) is 6.45. The highest BCUT2D eigenvalue weighted by molar-refractivity contribution is 9.10. The van der Waals surface area contributed by atoms with Gasteiger partial charge in [-0.05, 0) is 37.4 Å². The van der Waals surface area contributed by atoms with Gasteiger partial charge in [0, 0.05) is 4.47 Å². The Labute approximate surface area is 174 Å². The van der Waals surface area contributed by atoms with Crippen LogP contribution in [-0.4, -0.2) is 36.9 Å². The van der Waals surface area contributed by atoms with Gasteiger partial charge in [-0.25, -0.2) is 0 Å². The smallest absolute Gasteiger partial charge is 0.238 e. The minimum atomic E-state index is -0.336. The second-order valence-corrected chi connectivity index (χ2v) is 7.63. The number of likely N-dealkylation sites (N-methyl/N-ethyl adjacent to an activating group) is 1. The van der Waals surface area contributed by atoms with Gasteiger partial charge in [-0.1, -0.05) is 56.8 Å². The zero-order valence-electron chi connectivity index (χ0n) is 13.7. The summed E-state index contributed by atoms with van der Waals surface area (Å²) in [6, 6.07) is 10.1. The molecule has 0 bridgehead atoms. The third-order valence-corrected chi connectivity index (χ3v) is 4.70. The van der Waals surface area contributed by atoms with E-state index in [9.17, 15) is 9.59 Å². The number of hydrogen-bond acceptors (Lipinski definition) is 3. The summed E-state index contributed by atoms with van der Waals surface area (Å²) < 4.78 is 0.813. The lowest BCUT2D eigenvalue weighted by atomic mass is 10.3. The van der Waals surface area contributed by atoms with Crippen LogP contribution in [0.1, 0.15) is 0 Å². The Morgan fingerprint density at radius 2 is 1.54 bits per heavy atom. The summed E-state index contributed by atoms with van der Waals surface area (Å²) in [6.07, 6.45) is 0. The van der Waals surface area contributed by atoms with Crippen LogP contribution in [0.25, 0.3) is 0 Å². The first-order valence-corrected chi connectivity index (χ1v) is 9.36. The molecule has 26 heavy (non-hydrogen) atoms. The van der Waals surface area contributed by atoms with E-state index in [0.717, 1.165) is 4.47 Å². The van der Waals surface area contributed by atoms with Crippen molar-refractivity contribution in [2.24, 2.45) is 0 Å². The molecule has 0 unspecified atom stereocenters. The largest absolute Gasteiger partial charge is 0.324 e. The standard InChI is InChI=1S/C17H15BrCl3N3O2/c1-24(8-15(25)22-14-6-5-10(18)7-13(14)21)9-16(26)23-17-11(19)3-2-4-12(17)20/h2-7H,8-9H2,1H3,(H,22,25)(H,23,26). The van der Waals surface area contributed by atoms with E-state index >= 15 is 0 Å². The highest BCUT2D eigenvalue weighted by Crippen LogP contribution is 2.29. The third-order valence-electron chi connectivity index (χ3n) is 3.26. The lowest BCUT2D eigenvalue weighted by Gasteiger charge is -2.17. The average molecular weight is 480 g/mol. The van der Waals surface area contributed by atoms with Gasteiger partial charge in [0.25, 0.3) is 0 Å². The molecular formula is C17H15BrCl3N3O2. The molecule has 0 atom stereocenters. The Morgan fingerprint density at radius 1 is 0.962 bits per heavy atom. The van der Waals surface area contributed by atoms with Gasteiger partial charge in [-0.15, -0.1) is 0 Å². The van der Waals surface area contributed by atoms with Crippen LogP contribution < -0.4 is 10.6 Å². The molecule has 0 heterocycles. The van der Waals surface area contributed by atoms with Gasteiger partial charge >= 0.3 is 0 Å². The number of amides is 2. The Kier molecular flexibility index (Phi) is 7.73. The molecule has 0 saturated carbocycles. The van der Waals surface area contributed by atoms with Crippen LogP contribution in [0.5, 0.6) is 0 Å². The number of rotatable bonds is 6. The van der Waals surface area contributed by atoms with Gasteiger partial charge in [-0.3, -0.25) is 14.5 Å². The topological polar surface area (TPSA) is 61.4 Å². The number of nitrogens with one attached hydrogen (secondary N) is 2. The maximum atomic E-state index is 12.1. The monoisotopic (exact) mass is 477 g/mol. The molecule has 0 aliphatic carbocycles. The molecular weight excluding hydrogens is 464 g/mol. The molecule has 0 saturated heterocycles. The first-order chi connectivity index (χ1) is 12.3. The Bertz CT molecular complexity index is 813. The highest BCUT2D eigenvalue weighted by atomic mass is 79.9. The number of benzene rings is 2. The molecule has 2 aromatic carbocycles. The lowest BCUT2D eigenvalue weighted by molar-refractivity contribution is -0.119. The highest BCUT2D eigenvalue weighted by Gasteiger charge is 2.14. The fraction of sp³-hybridized carbons (Fsp3) is 0.176. The van der Waals surface area contributed by atoms with E-state index in [1.54, 1.807) is 48.3 Å². The van der Waals surface area contributed by atoms with Crippen molar-refractivity contribution < 1.29 is 9.59 Å². The van der Waals surface area contributed by atoms with Gasteiger partial charge < -0.3 is 10.6 Å². The van der Waals surface area contributed by atoms with Crippen molar-refractivity contribution in [1.29, 1.82) is 0 Å². The Balaban J connectivity index is 1.88. The van der Waals surface area contributed by atoms with Crippen molar-refractivity contribution in [2.45, 2.75) is 0 Å². The molecule has 0 fully saturated rings. The number of carbonyl (C=O) groups is 2. The Hall–Kier alpha value is -1.31. The van der Waals surface area contributed by atoms with Gasteiger partial charge in [-0.2, -0.15) is 0 Å². The zero-order chi connectivity index (χ0) is 19.3. The molecule has 2 amide bonds. The van der Waals surface area contributed by atoms with Crippen LogP contribution >= 0.6 is 50.7 Å². The number of nitrogens with zero attached hydrogens (tertiary/aromatic N) is 1. The number of halogens is 4. The van der Waals surface area contributed by atoms with E-state index in [1.807, 2.05) is 0 Å². The molecule has 0 aliphatic heterocycles.